The summed E-state index contributed by atoms with van der Waals surface area (Å²) in [5.74, 6) is -0.481. The van der Waals surface area contributed by atoms with E-state index in [2.05, 4.69) is 9.55 Å². The minimum Gasteiger partial charge on any atom is -0.394 e. The largest absolute Gasteiger partial charge is 0.394 e. The van der Waals surface area contributed by atoms with Gasteiger partial charge in [0.1, 0.15) is 0 Å². The van der Waals surface area contributed by atoms with Crippen LogP contribution in [0.15, 0.2) is 48.5 Å². The fourth-order valence-corrected chi connectivity index (χ4v) is 5.49. The zero-order chi connectivity index (χ0) is 25.0. The number of aliphatic hydroxyl groups is 1. The molecule has 0 fully saturated rings. The minimum atomic E-state index is -0.242. The van der Waals surface area contributed by atoms with Crippen LogP contribution in [0.25, 0.3) is 43.6 Å². The number of benzene rings is 3. The first-order valence-electron chi connectivity index (χ1n) is 12.2. The third kappa shape index (κ3) is 3.26. The van der Waals surface area contributed by atoms with Crippen molar-refractivity contribution in [2.24, 2.45) is 0 Å². The zero-order valence-corrected chi connectivity index (χ0v) is 20.4. The van der Waals surface area contributed by atoms with E-state index in [1.54, 1.807) is 0 Å². The van der Waals surface area contributed by atoms with Crippen LogP contribution < -0.4 is 0 Å². The molecule has 0 bridgehead atoms. The maximum atomic E-state index is 13.9. The molecule has 184 valence electrons. The SMILES string of the molecule is CN(C)CCN1C(=O)c2c(c3c4ccccc4n(CCOCCO)c3c3[nH]c4ccccc4c23)C1=O. The number of imide groups is 1. The summed E-state index contributed by atoms with van der Waals surface area (Å²) >= 11 is 0. The van der Waals surface area contributed by atoms with Gasteiger partial charge >= 0.3 is 0 Å². The van der Waals surface area contributed by atoms with Gasteiger partial charge in [0.2, 0.25) is 0 Å². The Labute approximate surface area is 207 Å². The lowest BCUT2D eigenvalue weighted by Crippen LogP contribution is -2.35. The van der Waals surface area contributed by atoms with Crippen molar-refractivity contribution in [2.45, 2.75) is 6.54 Å². The number of carbonyl (C=O) groups is 2. The quantitative estimate of drug-likeness (QED) is 0.260. The molecule has 0 unspecified atom stereocenters. The molecule has 3 heterocycles. The smallest absolute Gasteiger partial charge is 0.262 e. The fraction of sp³-hybridized carbons (Fsp3) is 0.286. The van der Waals surface area contributed by atoms with Gasteiger partial charge in [-0.3, -0.25) is 14.5 Å². The van der Waals surface area contributed by atoms with Crippen molar-refractivity contribution < 1.29 is 19.4 Å². The van der Waals surface area contributed by atoms with Gasteiger partial charge in [-0.05, 0) is 26.2 Å². The second-order valence-corrected chi connectivity index (χ2v) is 9.46. The van der Waals surface area contributed by atoms with Crippen LogP contribution in [0, 0.1) is 0 Å². The average Bonchev–Trinajstić information content (AvgIpc) is 3.49. The van der Waals surface area contributed by atoms with Gasteiger partial charge in [0.25, 0.3) is 11.8 Å². The number of H-pyrrole nitrogens is 1. The number of aliphatic hydroxyl groups excluding tert-OH is 1. The van der Waals surface area contributed by atoms with Crippen LogP contribution in [0.1, 0.15) is 20.7 Å². The second kappa shape index (κ2) is 8.74. The normalized spacial score (nSPS) is 13.9. The number of para-hydroxylation sites is 2. The molecule has 2 aromatic heterocycles. The Morgan fingerprint density at radius 1 is 0.889 bits per heavy atom. The van der Waals surface area contributed by atoms with E-state index in [0.717, 1.165) is 43.6 Å². The summed E-state index contributed by atoms with van der Waals surface area (Å²) in [4.78, 5) is 34.7. The molecular formula is C28H28N4O4. The van der Waals surface area contributed by atoms with Crippen LogP contribution in [0.2, 0.25) is 0 Å². The molecule has 36 heavy (non-hydrogen) atoms. The number of rotatable bonds is 8. The Hall–Kier alpha value is -3.72. The van der Waals surface area contributed by atoms with Crippen LogP contribution in [-0.4, -0.2) is 83.3 Å². The van der Waals surface area contributed by atoms with Crippen molar-refractivity contribution in [3.05, 3.63) is 59.7 Å². The van der Waals surface area contributed by atoms with Crippen LogP contribution in [0.3, 0.4) is 0 Å². The molecule has 0 spiro atoms. The van der Waals surface area contributed by atoms with Gasteiger partial charge in [0.15, 0.2) is 0 Å². The summed E-state index contributed by atoms with van der Waals surface area (Å²) in [6.45, 7) is 2.11. The highest BCUT2D eigenvalue weighted by molar-refractivity contribution is 6.39. The number of ether oxygens (including phenoxy) is 1. The predicted molar refractivity (Wildman–Crippen MR) is 141 cm³/mol. The molecule has 0 saturated heterocycles. The van der Waals surface area contributed by atoms with Crippen molar-refractivity contribution in [2.75, 3.05) is 47.0 Å². The number of nitrogens with one attached hydrogen (secondary N) is 1. The molecular weight excluding hydrogens is 456 g/mol. The Bertz CT molecular complexity index is 1660. The van der Waals surface area contributed by atoms with Crippen molar-refractivity contribution in [1.82, 2.24) is 19.4 Å². The summed E-state index contributed by atoms with van der Waals surface area (Å²) in [5, 5.41) is 12.6. The monoisotopic (exact) mass is 484 g/mol. The maximum absolute atomic E-state index is 13.9. The van der Waals surface area contributed by atoms with Crippen LogP contribution in [0.4, 0.5) is 0 Å². The van der Waals surface area contributed by atoms with Gasteiger partial charge < -0.3 is 24.3 Å². The van der Waals surface area contributed by atoms with E-state index in [-0.39, 0.29) is 25.0 Å². The van der Waals surface area contributed by atoms with Gasteiger partial charge in [0, 0.05) is 52.2 Å². The number of aromatic nitrogens is 2. The molecule has 1 aliphatic heterocycles. The Kier molecular flexibility index (Phi) is 5.52. The van der Waals surface area contributed by atoms with E-state index in [1.807, 2.05) is 67.5 Å². The molecule has 0 aliphatic carbocycles. The first-order chi connectivity index (χ1) is 17.5. The van der Waals surface area contributed by atoms with E-state index in [1.165, 1.54) is 4.90 Å². The number of nitrogens with zero attached hydrogens (tertiary/aromatic N) is 3. The lowest BCUT2D eigenvalue weighted by atomic mass is 9.97. The number of hydrogen-bond donors (Lipinski definition) is 2. The number of amides is 2. The van der Waals surface area contributed by atoms with Crippen LogP contribution in [0.5, 0.6) is 0 Å². The highest BCUT2D eigenvalue weighted by Crippen LogP contribution is 2.44. The van der Waals surface area contributed by atoms with E-state index in [9.17, 15) is 9.59 Å². The van der Waals surface area contributed by atoms with Gasteiger partial charge in [-0.25, -0.2) is 0 Å². The van der Waals surface area contributed by atoms with Gasteiger partial charge in [-0.15, -0.1) is 0 Å². The standard InChI is InChI=1S/C28H28N4O4/c1-30(2)11-12-32-27(34)23-21-17-7-3-5-9-19(17)29-25(21)26-22(24(23)28(32)35)18-8-4-6-10-20(18)31(26)13-15-36-16-14-33/h3-10,29,33H,11-16H2,1-2H3. The van der Waals surface area contributed by atoms with Gasteiger partial charge in [-0.1, -0.05) is 36.4 Å². The lowest BCUT2D eigenvalue weighted by molar-refractivity contribution is 0.0646. The van der Waals surface area contributed by atoms with Crippen molar-refractivity contribution in [3.8, 4) is 0 Å². The molecule has 5 aromatic rings. The molecule has 2 amide bonds. The van der Waals surface area contributed by atoms with Gasteiger partial charge in [0.05, 0.1) is 42.0 Å². The lowest BCUT2D eigenvalue weighted by Gasteiger charge is -2.16. The van der Waals surface area contributed by atoms with Crippen LogP contribution in [-0.2, 0) is 11.3 Å². The van der Waals surface area contributed by atoms with E-state index in [4.69, 9.17) is 9.84 Å². The first kappa shape index (κ1) is 22.7. The van der Waals surface area contributed by atoms with Crippen LogP contribution >= 0.6 is 0 Å². The van der Waals surface area contributed by atoms with E-state index >= 15 is 0 Å². The Morgan fingerprint density at radius 2 is 1.58 bits per heavy atom. The van der Waals surface area contributed by atoms with E-state index < -0.39 is 0 Å². The third-order valence-corrected chi connectivity index (χ3v) is 7.05. The number of fused-ring (bicyclic) bond motifs is 10. The number of hydrogen-bond acceptors (Lipinski definition) is 5. The highest BCUT2D eigenvalue weighted by atomic mass is 16.5. The second-order valence-electron chi connectivity index (χ2n) is 9.46. The third-order valence-electron chi connectivity index (χ3n) is 7.05. The maximum Gasteiger partial charge on any atom is 0.262 e. The van der Waals surface area contributed by atoms with Crippen molar-refractivity contribution >= 4 is 55.4 Å². The Morgan fingerprint density at radius 3 is 2.33 bits per heavy atom. The zero-order valence-electron chi connectivity index (χ0n) is 20.4. The van der Waals surface area contributed by atoms with Crippen molar-refractivity contribution in [3.63, 3.8) is 0 Å². The molecule has 3 aromatic carbocycles. The Balaban J connectivity index is 1.72. The van der Waals surface area contributed by atoms with Gasteiger partial charge in [-0.2, -0.15) is 0 Å². The topological polar surface area (TPSA) is 90.8 Å². The molecule has 0 atom stereocenters. The summed E-state index contributed by atoms with van der Waals surface area (Å²) in [5.41, 5.74) is 4.60. The number of aromatic amines is 1. The molecule has 2 N–H and O–H groups in total. The summed E-state index contributed by atoms with van der Waals surface area (Å²) < 4.78 is 7.78. The number of likely N-dealkylation sites (N-methyl/N-ethyl adjacent to an activating group) is 1. The minimum absolute atomic E-state index is 0.0354. The fourth-order valence-electron chi connectivity index (χ4n) is 5.49. The summed E-state index contributed by atoms with van der Waals surface area (Å²) in [6.07, 6.45) is 0. The molecule has 6 rings (SSSR count). The summed E-state index contributed by atoms with van der Waals surface area (Å²) in [6, 6.07) is 15.9. The molecule has 1 aliphatic rings. The molecule has 8 heteroatoms. The molecule has 0 saturated carbocycles. The average molecular weight is 485 g/mol. The van der Waals surface area contributed by atoms with E-state index in [0.29, 0.717) is 37.4 Å². The number of carbonyl (C=O) groups excluding carboxylic acids is 2. The predicted octanol–water partition coefficient (Wildman–Crippen LogP) is 3.60. The molecule has 0 radical (unpaired) electrons. The summed E-state index contributed by atoms with van der Waals surface area (Å²) in [7, 11) is 3.86. The molecule has 8 nitrogen and oxygen atoms in total. The first-order valence-corrected chi connectivity index (χ1v) is 12.2. The highest BCUT2D eigenvalue weighted by Gasteiger charge is 2.41. The van der Waals surface area contributed by atoms with Crippen molar-refractivity contribution in [1.29, 1.82) is 0 Å².